The first-order chi connectivity index (χ1) is 11.5. The van der Waals surface area contributed by atoms with Crippen LogP contribution in [0.25, 0.3) is 6.08 Å². The largest absolute Gasteiger partial charge is 0.497 e. The molecule has 24 heavy (non-hydrogen) atoms. The number of thiocarbonyl (C=S) groups is 1. The second kappa shape index (κ2) is 6.70. The average Bonchev–Trinajstić information content (AvgIpc) is 3.10. The van der Waals surface area contributed by atoms with E-state index in [1.54, 1.807) is 31.4 Å². The van der Waals surface area contributed by atoms with E-state index < -0.39 is 0 Å². The Morgan fingerprint density at radius 2 is 2.00 bits per heavy atom. The van der Waals surface area contributed by atoms with Crippen molar-refractivity contribution in [3.05, 3.63) is 46.8 Å². The molecule has 1 saturated heterocycles. The maximum atomic E-state index is 12.8. The van der Waals surface area contributed by atoms with Crippen molar-refractivity contribution in [3.8, 4) is 11.5 Å². The predicted molar refractivity (Wildman–Crippen MR) is 98.6 cm³/mol. The van der Waals surface area contributed by atoms with Gasteiger partial charge in [-0.05, 0) is 31.2 Å². The first kappa shape index (κ1) is 16.6. The minimum Gasteiger partial charge on any atom is -0.497 e. The van der Waals surface area contributed by atoms with Gasteiger partial charge in [0.1, 0.15) is 23.0 Å². The summed E-state index contributed by atoms with van der Waals surface area (Å²) in [6.45, 7) is 1.85. The SMILES string of the molecule is COc1ccc(N2C(=O)C(=Cc3ccc(C)o3)SC2=S)c(OC)c1. The number of aryl methyl sites for hydroxylation is 1. The summed E-state index contributed by atoms with van der Waals surface area (Å²) in [5.74, 6) is 2.36. The molecule has 3 rings (SSSR count). The van der Waals surface area contributed by atoms with Crippen LogP contribution in [0, 0.1) is 6.92 Å². The minimum absolute atomic E-state index is 0.206. The normalized spacial score (nSPS) is 16.1. The van der Waals surface area contributed by atoms with Gasteiger partial charge in [-0.3, -0.25) is 9.69 Å². The van der Waals surface area contributed by atoms with Gasteiger partial charge in [-0.1, -0.05) is 24.0 Å². The molecule has 0 N–H and O–H groups in total. The number of nitrogens with zero attached hydrogens (tertiary/aromatic N) is 1. The van der Waals surface area contributed by atoms with E-state index >= 15 is 0 Å². The summed E-state index contributed by atoms with van der Waals surface area (Å²) in [5.41, 5.74) is 0.583. The highest BCUT2D eigenvalue weighted by atomic mass is 32.2. The van der Waals surface area contributed by atoms with E-state index in [1.165, 1.54) is 23.8 Å². The van der Waals surface area contributed by atoms with E-state index in [1.807, 2.05) is 19.1 Å². The van der Waals surface area contributed by atoms with Crippen LogP contribution >= 0.6 is 24.0 Å². The molecule has 0 aliphatic carbocycles. The van der Waals surface area contributed by atoms with E-state index in [0.29, 0.717) is 32.2 Å². The van der Waals surface area contributed by atoms with E-state index in [-0.39, 0.29) is 5.91 Å². The lowest BCUT2D eigenvalue weighted by molar-refractivity contribution is -0.113. The van der Waals surface area contributed by atoms with Gasteiger partial charge < -0.3 is 13.9 Å². The van der Waals surface area contributed by atoms with Crippen LogP contribution in [-0.4, -0.2) is 24.4 Å². The highest BCUT2D eigenvalue weighted by Gasteiger charge is 2.35. The fourth-order valence-electron chi connectivity index (χ4n) is 2.31. The van der Waals surface area contributed by atoms with Gasteiger partial charge in [-0.2, -0.15) is 0 Å². The Balaban J connectivity index is 1.96. The van der Waals surface area contributed by atoms with Gasteiger partial charge in [-0.15, -0.1) is 0 Å². The summed E-state index contributed by atoms with van der Waals surface area (Å²) < 4.78 is 16.5. The zero-order valence-corrected chi connectivity index (χ0v) is 15.0. The van der Waals surface area contributed by atoms with Crippen LogP contribution in [0.1, 0.15) is 11.5 Å². The van der Waals surface area contributed by atoms with E-state index in [0.717, 1.165) is 5.76 Å². The second-order valence-electron chi connectivity index (χ2n) is 5.00. The molecule has 124 valence electrons. The molecule has 7 heteroatoms. The molecule has 1 aliphatic heterocycles. The van der Waals surface area contributed by atoms with Crippen molar-refractivity contribution in [1.29, 1.82) is 0 Å². The smallest absolute Gasteiger partial charge is 0.271 e. The number of amides is 1. The molecule has 1 fully saturated rings. The topological polar surface area (TPSA) is 51.9 Å². The molecule has 0 radical (unpaired) electrons. The molecule has 1 aromatic carbocycles. The van der Waals surface area contributed by atoms with Crippen LogP contribution in [0.2, 0.25) is 0 Å². The quantitative estimate of drug-likeness (QED) is 0.606. The summed E-state index contributed by atoms with van der Waals surface area (Å²) in [5, 5.41) is 0. The Bertz CT molecular complexity index is 841. The molecule has 1 aromatic heterocycles. The second-order valence-corrected chi connectivity index (χ2v) is 6.68. The third-order valence-corrected chi connectivity index (χ3v) is 4.76. The van der Waals surface area contributed by atoms with E-state index in [9.17, 15) is 4.79 Å². The molecule has 0 atom stereocenters. The van der Waals surface area contributed by atoms with Gasteiger partial charge in [0.2, 0.25) is 0 Å². The third-order valence-electron chi connectivity index (χ3n) is 3.46. The highest BCUT2D eigenvalue weighted by Crippen LogP contribution is 2.41. The Morgan fingerprint density at radius 3 is 2.62 bits per heavy atom. The lowest BCUT2D eigenvalue weighted by Gasteiger charge is -2.18. The van der Waals surface area contributed by atoms with Crippen molar-refractivity contribution < 1.29 is 18.7 Å². The summed E-state index contributed by atoms with van der Waals surface area (Å²) in [6.07, 6.45) is 1.70. The molecule has 0 unspecified atom stereocenters. The number of hydrogen-bond acceptors (Lipinski definition) is 6. The highest BCUT2D eigenvalue weighted by molar-refractivity contribution is 8.27. The van der Waals surface area contributed by atoms with Crippen LogP contribution in [0.4, 0.5) is 5.69 Å². The van der Waals surface area contributed by atoms with Crippen molar-refractivity contribution in [3.63, 3.8) is 0 Å². The molecule has 2 aromatic rings. The summed E-state index contributed by atoms with van der Waals surface area (Å²) in [4.78, 5) is 14.7. The fraction of sp³-hybridized carbons (Fsp3) is 0.176. The van der Waals surface area contributed by atoms with Crippen LogP contribution in [-0.2, 0) is 4.79 Å². The van der Waals surface area contributed by atoms with Crippen molar-refractivity contribution >= 4 is 46.0 Å². The van der Waals surface area contributed by atoms with Gasteiger partial charge in [0, 0.05) is 12.1 Å². The number of methoxy groups -OCH3 is 2. The molecule has 5 nitrogen and oxygen atoms in total. The molecule has 1 amide bonds. The van der Waals surface area contributed by atoms with Gasteiger partial charge in [0.05, 0.1) is 24.8 Å². The maximum Gasteiger partial charge on any atom is 0.271 e. The van der Waals surface area contributed by atoms with Gasteiger partial charge in [-0.25, -0.2) is 0 Å². The zero-order chi connectivity index (χ0) is 17.3. The Kier molecular flexibility index (Phi) is 4.64. The molecule has 0 saturated carbocycles. The first-order valence-corrected chi connectivity index (χ1v) is 8.32. The number of rotatable bonds is 4. The fourth-order valence-corrected chi connectivity index (χ4v) is 3.57. The summed E-state index contributed by atoms with van der Waals surface area (Å²) in [7, 11) is 3.11. The van der Waals surface area contributed by atoms with Crippen LogP contribution in [0.3, 0.4) is 0 Å². The van der Waals surface area contributed by atoms with Crippen LogP contribution in [0.5, 0.6) is 11.5 Å². The number of thioether (sulfide) groups is 1. The van der Waals surface area contributed by atoms with Crippen molar-refractivity contribution in [2.45, 2.75) is 6.92 Å². The lowest BCUT2D eigenvalue weighted by Crippen LogP contribution is -2.27. The predicted octanol–water partition coefficient (Wildman–Crippen LogP) is 4.01. The van der Waals surface area contributed by atoms with Gasteiger partial charge in [0.25, 0.3) is 5.91 Å². The number of furan rings is 1. The van der Waals surface area contributed by atoms with E-state index in [2.05, 4.69) is 0 Å². The monoisotopic (exact) mass is 361 g/mol. The van der Waals surface area contributed by atoms with E-state index in [4.69, 9.17) is 26.1 Å². The third kappa shape index (κ3) is 3.05. The minimum atomic E-state index is -0.206. The van der Waals surface area contributed by atoms with Crippen molar-refractivity contribution in [1.82, 2.24) is 0 Å². The lowest BCUT2D eigenvalue weighted by atomic mass is 10.2. The number of carbonyl (C=O) groups is 1. The van der Waals surface area contributed by atoms with Crippen LogP contribution in [0.15, 0.2) is 39.7 Å². The Hall–Kier alpha value is -2.25. The molecular weight excluding hydrogens is 346 g/mol. The van der Waals surface area contributed by atoms with Crippen molar-refractivity contribution in [2.75, 3.05) is 19.1 Å². The maximum absolute atomic E-state index is 12.8. The Labute approximate surface area is 149 Å². The molecule has 0 bridgehead atoms. The van der Waals surface area contributed by atoms with Gasteiger partial charge >= 0.3 is 0 Å². The van der Waals surface area contributed by atoms with Crippen LogP contribution < -0.4 is 14.4 Å². The van der Waals surface area contributed by atoms with Crippen molar-refractivity contribution in [2.24, 2.45) is 0 Å². The number of ether oxygens (including phenoxy) is 2. The first-order valence-electron chi connectivity index (χ1n) is 7.10. The molecular formula is C17H15NO4S2. The number of anilines is 1. The Morgan fingerprint density at radius 1 is 1.21 bits per heavy atom. The standard InChI is InChI=1S/C17H15NO4S2/c1-10-4-5-12(22-10)9-15-16(19)18(17(23)24-15)13-7-6-11(20-2)8-14(13)21-3/h4-9H,1-3H3. The molecule has 1 aliphatic rings. The summed E-state index contributed by atoms with van der Waals surface area (Å²) in [6, 6.07) is 8.89. The summed E-state index contributed by atoms with van der Waals surface area (Å²) >= 11 is 6.61. The zero-order valence-electron chi connectivity index (χ0n) is 13.4. The average molecular weight is 361 g/mol. The number of carbonyl (C=O) groups excluding carboxylic acids is 1. The molecule has 2 heterocycles. The van der Waals surface area contributed by atoms with Gasteiger partial charge in [0.15, 0.2) is 4.32 Å². The number of benzene rings is 1. The molecule has 0 spiro atoms. The number of hydrogen-bond donors (Lipinski definition) is 0.